The van der Waals surface area contributed by atoms with Gasteiger partial charge in [-0.1, -0.05) is 13.5 Å². The smallest absolute Gasteiger partial charge is 0.335 e. The van der Waals surface area contributed by atoms with Gasteiger partial charge in [-0.25, -0.2) is 33.5 Å². The number of fused-ring (bicyclic) bond motifs is 1. The molecule has 0 spiro atoms. The van der Waals surface area contributed by atoms with Crippen molar-refractivity contribution in [1.29, 1.82) is 0 Å². The van der Waals surface area contributed by atoms with Gasteiger partial charge in [-0.05, 0) is 54.9 Å². The number of aromatic nitrogens is 5. The molecule has 0 unspecified atom stereocenters. The van der Waals surface area contributed by atoms with Crippen LogP contribution >= 0.6 is 0 Å². The molecule has 192 valence electrons. The number of anilines is 1. The second kappa shape index (κ2) is 9.84. The van der Waals surface area contributed by atoms with E-state index < -0.39 is 17.6 Å². The van der Waals surface area contributed by atoms with Gasteiger partial charge in [0, 0.05) is 44.1 Å². The van der Waals surface area contributed by atoms with Crippen LogP contribution in [-0.2, 0) is 6.42 Å². The van der Waals surface area contributed by atoms with Crippen molar-refractivity contribution in [1.82, 2.24) is 24.5 Å². The lowest BCUT2D eigenvalue weighted by Gasteiger charge is -2.32. The Bertz CT molecular complexity index is 1440. The number of halogens is 2. The summed E-state index contributed by atoms with van der Waals surface area (Å²) in [6, 6.07) is 3.75. The normalized spacial score (nSPS) is 16.1. The van der Waals surface area contributed by atoms with Gasteiger partial charge in [0.15, 0.2) is 5.82 Å². The summed E-state index contributed by atoms with van der Waals surface area (Å²) in [5.41, 5.74) is 2.14. The zero-order chi connectivity index (χ0) is 24.8. The summed E-state index contributed by atoms with van der Waals surface area (Å²) < 4.78 is 31.5. The Kier molecular flexibility index (Phi) is 6.57. The molecular formula is C27H28F2N6O2. The van der Waals surface area contributed by atoms with Crippen LogP contribution in [0.2, 0.25) is 0 Å². The highest BCUT2D eigenvalue weighted by molar-refractivity contribution is 5.87. The van der Waals surface area contributed by atoms with E-state index in [9.17, 15) is 9.18 Å². The van der Waals surface area contributed by atoms with E-state index in [2.05, 4.69) is 24.8 Å². The van der Waals surface area contributed by atoms with Crippen molar-refractivity contribution in [3.8, 4) is 0 Å². The van der Waals surface area contributed by atoms with Crippen LogP contribution in [0.3, 0.4) is 0 Å². The molecule has 10 heteroatoms. The molecule has 3 aromatic heterocycles. The van der Waals surface area contributed by atoms with E-state index in [-0.39, 0.29) is 36.4 Å². The molecule has 2 fully saturated rings. The number of hydrogen-bond acceptors (Lipinski definition) is 6. The Hall–Kier alpha value is -3.95. The van der Waals surface area contributed by atoms with Gasteiger partial charge in [0.05, 0.1) is 16.6 Å². The summed E-state index contributed by atoms with van der Waals surface area (Å²) in [6.45, 7) is 1.49. The SMILES string of the molecule is C.O=C(O)c1ccc(Cc2ncnc3c2c(F)cn3C2CCN(c3ncc(C4CC4)cn3)CC2)c(F)c1. The zero-order valence-corrected chi connectivity index (χ0v) is 19.4. The quantitative estimate of drug-likeness (QED) is 0.387. The lowest BCUT2D eigenvalue weighted by molar-refractivity contribution is 0.0696. The Labute approximate surface area is 213 Å². The predicted octanol–water partition coefficient (Wildman–Crippen LogP) is 5.14. The number of aromatic carboxylic acids is 1. The molecule has 0 atom stereocenters. The maximum absolute atomic E-state index is 15.1. The number of rotatable bonds is 6. The fourth-order valence-electron chi connectivity index (χ4n) is 4.98. The molecule has 4 aromatic rings. The van der Waals surface area contributed by atoms with Crippen molar-refractivity contribution in [3.05, 3.63) is 77.1 Å². The molecule has 1 aliphatic carbocycles. The second-order valence-corrected chi connectivity index (χ2v) is 9.50. The van der Waals surface area contributed by atoms with E-state index in [1.165, 1.54) is 43.1 Å². The Morgan fingerprint density at radius 3 is 2.38 bits per heavy atom. The topological polar surface area (TPSA) is 97.0 Å². The minimum atomic E-state index is -1.21. The van der Waals surface area contributed by atoms with Gasteiger partial charge in [0.2, 0.25) is 5.95 Å². The maximum atomic E-state index is 15.1. The van der Waals surface area contributed by atoms with Crippen molar-refractivity contribution < 1.29 is 18.7 Å². The molecule has 1 aliphatic heterocycles. The fraction of sp³-hybridized carbons (Fsp3) is 0.370. The molecule has 1 aromatic carbocycles. The lowest BCUT2D eigenvalue weighted by atomic mass is 10.0. The van der Waals surface area contributed by atoms with Gasteiger partial charge in [0.25, 0.3) is 0 Å². The van der Waals surface area contributed by atoms with Crippen molar-refractivity contribution in [2.75, 3.05) is 18.0 Å². The van der Waals surface area contributed by atoms with Gasteiger partial charge in [-0.2, -0.15) is 0 Å². The van der Waals surface area contributed by atoms with Crippen LogP contribution in [0.4, 0.5) is 14.7 Å². The van der Waals surface area contributed by atoms with Crippen molar-refractivity contribution in [2.24, 2.45) is 0 Å². The minimum absolute atomic E-state index is 0. The summed E-state index contributed by atoms with van der Waals surface area (Å²) in [6.07, 6.45) is 10.7. The Morgan fingerprint density at radius 1 is 1.00 bits per heavy atom. The van der Waals surface area contributed by atoms with E-state index >= 15 is 4.39 Å². The number of benzene rings is 1. The first-order valence-electron chi connectivity index (χ1n) is 12.1. The maximum Gasteiger partial charge on any atom is 0.335 e. The van der Waals surface area contributed by atoms with Gasteiger partial charge in [0.1, 0.15) is 17.8 Å². The molecule has 37 heavy (non-hydrogen) atoms. The van der Waals surface area contributed by atoms with Crippen molar-refractivity contribution in [2.45, 2.75) is 51.5 Å². The molecule has 1 saturated carbocycles. The molecule has 4 heterocycles. The van der Waals surface area contributed by atoms with Crippen LogP contribution in [0, 0.1) is 11.6 Å². The van der Waals surface area contributed by atoms with Crippen molar-refractivity contribution >= 4 is 23.0 Å². The van der Waals surface area contributed by atoms with Crippen molar-refractivity contribution in [3.63, 3.8) is 0 Å². The van der Waals surface area contributed by atoms with Crippen LogP contribution in [0.1, 0.15) is 72.2 Å². The van der Waals surface area contributed by atoms with E-state index in [4.69, 9.17) is 5.11 Å². The molecule has 6 rings (SSSR count). The van der Waals surface area contributed by atoms with Gasteiger partial charge < -0.3 is 14.6 Å². The third-order valence-corrected chi connectivity index (χ3v) is 7.15. The highest BCUT2D eigenvalue weighted by Gasteiger charge is 2.27. The van der Waals surface area contributed by atoms with Gasteiger partial charge in [-0.15, -0.1) is 0 Å². The van der Waals surface area contributed by atoms with Crippen LogP contribution in [-0.4, -0.2) is 48.7 Å². The summed E-state index contributed by atoms with van der Waals surface area (Å²) in [4.78, 5) is 30.9. The van der Waals surface area contributed by atoms with Gasteiger partial charge in [-0.3, -0.25) is 0 Å². The number of piperidine rings is 1. The monoisotopic (exact) mass is 506 g/mol. The molecule has 2 aliphatic rings. The molecule has 8 nitrogen and oxygen atoms in total. The standard InChI is InChI=1S/C26H24F2N6O2.CH4/c27-20-9-17(25(35)36)4-3-16(20)10-22-23-21(28)13-34(24(23)32-14-31-22)19-5-7-33(8-6-19)26-29-11-18(12-30-26)15-1-2-15;/h3-4,9,11-15,19H,1-2,5-8,10H2,(H,35,36);1H4. The third-order valence-electron chi connectivity index (χ3n) is 7.15. The summed E-state index contributed by atoms with van der Waals surface area (Å²) in [5.74, 6) is -0.983. The summed E-state index contributed by atoms with van der Waals surface area (Å²) in [7, 11) is 0. The van der Waals surface area contributed by atoms with Crippen LogP contribution in [0.15, 0.2) is 43.1 Å². The first-order valence-corrected chi connectivity index (χ1v) is 12.1. The molecule has 0 amide bonds. The lowest BCUT2D eigenvalue weighted by Crippen LogP contribution is -2.35. The third kappa shape index (κ3) is 4.75. The first-order chi connectivity index (χ1) is 17.5. The average Bonchev–Trinajstić information content (AvgIpc) is 3.69. The highest BCUT2D eigenvalue weighted by Crippen LogP contribution is 2.39. The van der Waals surface area contributed by atoms with E-state index in [0.717, 1.165) is 37.9 Å². The van der Waals surface area contributed by atoms with E-state index in [0.29, 0.717) is 17.3 Å². The molecule has 0 bridgehead atoms. The molecule has 0 radical (unpaired) electrons. The summed E-state index contributed by atoms with van der Waals surface area (Å²) >= 11 is 0. The van der Waals surface area contributed by atoms with Crippen LogP contribution in [0.25, 0.3) is 11.0 Å². The fourth-order valence-corrected chi connectivity index (χ4v) is 4.98. The zero-order valence-electron chi connectivity index (χ0n) is 19.4. The first kappa shape index (κ1) is 24.7. The minimum Gasteiger partial charge on any atom is -0.478 e. The van der Waals surface area contributed by atoms with E-state index in [1.807, 2.05) is 17.0 Å². The van der Waals surface area contributed by atoms with Crippen LogP contribution in [0.5, 0.6) is 0 Å². The summed E-state index contributed by atoms with van der Waals surface area (Å²) in [5, 5.41) is 9.32. The Morgan fingerprint density at radius 2 is 1.73 bits per heavy atom. The number of hydrogen-bond donors (Lipinski definition) is 1. The average molecular weight is 507 g/mol. The second-order valence-electron chi connectivity index (χ2n) is 9.50. The number of carbonyl (C=O) groups is 1. The highest BCUT2D eigenvalue weighted by atomic mass is 19.1. The molecular weight excluding hydrogens is 478 g/mol. The molecule has 1 saturated heterocycles. The number of nitrogens with zero attached hydrogens (tertiary/aromatic N) is 6. The van der Waals surface area contributed by atoms with E-state index in [1.54, 1.807) is 0 Å². The predicted molar refractivity (Wildman–Crippen MR) is 135 cm³/mol. The van der Waals surface area contributed by atoms with Gasteiger partial charge >= 0.3 is 5.97 Å². The number of carboxylic acid groups (broad SMARTS) is 1. The van der Waals surface area contributed by atoms with Crippen LogP contribution < -0.4 is 4.90 Å². The molecule has 1 N–H and O–H groups in total. The largest absolute Gasteiger partial charge is 0.478 e. The number of carboxylic acids is 1. The Balaban J connectivity index is 0.00000280.